The third-order valence-corrected chi connectivity index (χ3v) is 5.33. The van der Waals surface area contributed by atoms with Crippen molar-refractivity contribution in [1.29, 1.82) is 0 Å². The summed E-state index contributed by atoms with van der Waals surface area (Å²) in [4.78, 5) is 8.98. The number of piperidine rings is 1. The van der Waals surface area contributed by atoms with Crippen molar-refractivity contribution in [3.8, 4) is 11.1 Å². The maximum Gasteiger partial charge on any atom is 0.191 e. The van der Waals surface area contributed by atoms with Gasteiger partial charge in [-0.15, -0.1) is 0 Å². The summed E-state index contributed by atoms with van der Waals surface area (Å²) in [5, 5.41) is 7.93. The van der Waals surface area contributed by atoms with Gasteiger partial charge in [-0.3, -0.25) is 4.98 Å². The summed E-state index contributed by atoms with van der Waals surface area (Å²) in [6.07, 6.45) is 7.82. The van der Waals surface area contributed by atoms with E-state index < -0.39 is 0 Å². The topological polar surface area (TPSA) is 59.5 Å². The second-order valence-electron chi connectivity index (χ2n) is 7.33. The Kier molecular flexibility index (Phi) is 3.72. The lowest BCUT2D eigenvalue weighted by atomic mass is 9.98. The van der Waals surface area contributed by atoms with Crippen molar-refractivity contribution in [2.45, 2.75) is 32.6 Å². The maximum absolute atomic E-state index is 14.8. The van der Waals surface area contributed by atoms with E-state index in [0.29, 0.717) is 11.6 Å². The summed E-state index contributed by atoms with van der Waals surface area (Å²) in [5.41, 5.74) is 4.94. The molecule has 7 heteroatoms. The van der Waals surface area contributed by atoms with Gasteiger partial charge >= 0.3 is 0 Å². The van der Waals surface area contributed by atoms with E-state index in [9.17, 15) is 4.39 Å². The number of halogens is 1. The van der Waals surface area contributed by atoms with Crippen LogP contribution in [0.5, 0.6) is 0 Å². The van der Waals surface area contributed by atoms with Gasteiger partial charge in [-0.25, -0.2) is 13.9 Å². The molecule has 0 spiro atoms. The van der Waals surface area contributed by atoms with Crippen molar-refractivity contribution in [2.24, 2.45) is 0 Å². The highest BCUT2D eigenvalue weighted by Gasteiger charge is 2.21. The molecule has 1 aliphatic heterocycles. The van der Waals surface area contributed by atoms with E-state index in [-0.39, 0.29) is 5.82 Å². The van der Waals surface area contributed by atoms with Crippen LogP contribution in [0.2, 0.25) is 0 Å². The van der Waals surface area contributed by atoms with E-state index in [4.69, 9.17) is 0 Å². The number of aromatic nitrogens is 5. The number of rotatable bonds is 2. The van der Waals surface area contributed by atoms with Gasteiger partial charge in [-0.2, -0.15) is 5.10 Å². The molecule has 1 saturated heterocycles. The Labute approximate surface area is 156 Å². The van der Waals surface area contributed by atoms with Crippen molar-refractivity contribution >= 4 is 11.2 Å². The molecule has 0 bridgehead atoms. The van der Waals surface area contributed by atoms with E-state index in [2.05, 4.69) is 20.4 Å². The van der Waals surface area contributed by atoms with Gasteiger partial charge in [-0.05, 0) is 51.9 Å². The van der Waals surface area contributed by atoms with Crippen molar-refractivity contribution < 1.29 is 4.39 Å². The Bertz CT molecular complexity index is 1150. The van der Waals surface area contributed by atoms with Gasteiger partial charge in [0.2, 0.25) is 0 Å². The molecule has 4 aromatic rings. The number of pyridine rings is 1. The second kappa shape index (κ2) is 6.13. The predicted octanol–water partition coefficient (Wildman–Crippen LogP) is 3.27. The number of aryl methyl sites for hydroxylation is 2. The Hall–Kier alpha value is -2.80. The van der Waals surface area contributed by atoms with E-state index in [1.807, 2.05) is 42.9 Å². The van der Waals surface area contributed by atoms with Gasteiger partial charge in [0.05, 0.1) is 16.9 Å². The van der Waals surface area contributed by atoms with E-state index in [1.54, 1.807) is 10.6 Å². The summed E-state index contributed by atoms with van der Waals surface area (Å²) < 4.78 is 18.4. The molecule has 6 nitrogen and oxygen atoms in total. The lowest BCUT2D eigenvalue weighted by Crippen LogP contribution is -2.27. The van der Waals surface area contributed by atoms with Crippen LogP contribution in [-0.2, 0) is 0 Å². The Morgan fingerprint density at radius 3 is 2.63 bits per heavy atom. The number of nitrogens with one attached hydrogen (secondary N) is 1. The van der Waals surface area contributed by atoms with Crippen LogP contribution in [0.4, 0.5) is 4.39 Å². The minimum absolute atomic E-state index is 0.294. The molecular weight excluding hydrogens is 343 g/mol. The fourth-order valence-corrected chi connectivity index (χ4v) is 3.96. The van der Waals surface area contributed by atoms with Gasteiger partial charge < -0.3 is 9.72 Å². The van der Waals surface area contributed by atoms with E-state index in [0.717, 1.165) is 59.8 Å². The highest BCUT2D eigenvalue weighted by Crippen LogP contribution is 2.28. The molecule has 0 unspecified atom stereocenters. The molecule has 5 heterocycles. The third-order valence-electron chi connectivity index (χ3n) is 5.33. The zero-order valence-corrected chi connectivity index (χ0v) is 15.4. The van der Waals surface area contributed by atoms with Crippen molar-refractivity contribution in [3.63, 3.8) is 0 Å². The fourth-order valence-electron chi connectivity index (χ4n) is 3.96. The normalized spacial score (nSPS) is 15.8. The zero-order chi connectivity index (χ0) is 18.5. The fraction of sp³-hybridized carbons (Fsp3) is 0.350. The van der Waals surface area contributed by atoms with Crippen molar-refractivity contribution in [3.05, 3.63) is 53.8 Å². The number of hydrogen-bond donors (Lipinski definition) is 1. The molecule has 0 saturated carbocycles. The minimum Gasteiger partial charge on any atom is -0.320 e. The Morgan fingerprint density at radius 1 is 1.04 bits per heavy atom. The molecule has 4 aromatic heterocycles. The largest absolute Gasteiger partial charge is 0.320 e. The summed E-state index contributed by atoms with van der Waals surface area (Å²) >= 11 is 0. The number of fused-ring (bicyclic) bond motifs is 2. The summed E-state index contributed by atoms with van der Waals surface area (Å²) in [6, 6.07) is 3.58. The molecule has 1 aliphatic rings. The standard InChI is InChI=1S/C20H21FN6/c1-12-9-26-10-16(8-18(26)13(2)23-12)15-7-17(21)20-24-19(25-27(20)11-15)14-3-5-22-6-4-14/h7-11,14,22H,3-6H2,1-2H3. The van der Waals surface area contributed by atoms with Crippen LogP contribution in [0.3, 0.4) is 0 Å². The lowest BCUT2D eigenvalue weighted by Gasteiger charge is -2.19. The molecule has 0 aromatic carbocycles. The van der Waals surface area contributed by atoms with Crippen LogP contribution in [0.15, 0.2) is 30.7 Å². The molecule has 0 radical (unpaired) electrons. The number of nitrogens with zero attached hydrogens (tertiary/aromatic N) is 5. The van der Waals surface area contributed by atoms with Crippen LogP contribution in [0.1, 0.15) is 36.0 Å². The minimum atomic E-state index is -0.346. The van der Waals surface area contributed by atoms with Crippen LogP contribution in [0.25, 0.3) is 22.3 Å². The average molecular weight is 364 g/mol. The molecule has 5 rings (SSSR count). The van der Waals surface area contributed by atoms with Gasteiger partial charge in [0, 0.05) is 35.6 Å². The van der Waals surface area contributed by atoms with Crippen LogP contribution >= 0.6 is 0 Å². The molecule has 0 amide bonds. The zero-order valence-electron chi connectivity index (χ0n) is 15.4. The first-order valence-electron chi connectivity index (χ1n) is 9.31. The van der Waals surface area contributed by atoms with Crippen LogP contribution < -0.4 is 5.32 Å². The first-order valence-corrected chi connectivity index (χ1v) is 9.31. The third kappa shape index (κ3) is 2.78. The SMILES string of the molecule is Cc1cn2cc(-c3cc(F)c4nc(C5CCNCC5)nn4c3)cc2c(C)n1. The van der Waals surface area contributed by atoms with Gasteiger partial charge in [-0.1, -0.05) is 0 Å². The Balaban J connectivity index is 1.60. The Morgan fingerprint density at radius 2 is 1.81 bits per heavy atom. The molecule has 1 N–H and O–H groups in total. The smallest absolute Gasteiger partial charge is 0.191 e. The van der Waals surface area contributed by atoms with E-state index >= 15 is 0 Å². The summed E-state index contributed by atoms with van der Waals surface area (Å²) in [7, 11) is 0. The summed E-state index contributed by atoms with van der Waals surface area (Å²) in [6.45, 7) is 5.87. The maximum atomic E-state index is 14.8. The number of hydrogen-bond acceptors (Lipinski definition) is 4. The van der Waals surface area contributed by atoms with Gasteiger partial charge in [0.15, 0.2) is 17.3 Å². The predicted molar refractivity (Wildman–Crippen MR) is 101 cm³/mol. The molecule has 0 atom stereocenters. The van der Waals surface area contributed by atoms with Crippen molar-refractivity contribution in [2.75, 3.05) is 13.1 Å². The molecule has 138 valence electrons. The van der Waals surface area contributed by atoms with Gasteiger partial charge in [0.1, 0.15) is 0 Å². The molecule has 27 heavy (non-hydrogen) atoms. The highest BCUT2D eigenvalue weighted by molar-refractivity contribution is 5.72. The second-order valence-corrected chi connectivity index (χ2v) is 7.33. The molecule has 0 aliphatic carbocycles. The quantitative estimate of drug-likeness (QED) is 0.593. The van der Waals surface area contributed by atoms with Crippen LogP contribution in [0, 0.1) is 19.7 Å². The molecule has 1 fully saturated rings. The molecular formula is C20H21FN6. The van der Waals surface area contributed by atoms with Crippen molar-refractivity contribution in [1.82, 2.24) is 29.3 Å². The lowest BCUT2D eigenvalue weighted by molar-refractivity contribution is 0.445. The average Bonchev–Trinajstić information content (AvgIpc) is 3.27. The summed E-state index contributed by atoms with van der Waals surface area (Å²) in [5.74, 6) is 0.689. The van der Waals surface area contributed by atoms with Crippen LogP contribution in [-0.4, -0.2) is 37.1 Å². The monoisotopic (exact) mass is 364 g/mol. The first kappa shape index (κ1) is 16.4. The highest BCUT2D eigenvalue weighted by atomic mass is 19.1. The van der Waals surface area contributed by atoms with Gasteiger partial charge in [0.25, 0.3) is 0 Å². The van der Waals surface area contributed by atoms with E-state index in [1.165, 1.54) is 0 Å². The first-order chi connectivity index (χ1) is 13.1.